The highest BCUT2D eigenvalue weighted by molar-refractivity contribution is 5.49. The van der Waals surface area contributed by atoms with Gasteiger partial charge in [-0.3, -0.25) is 4.40 Å². The fraction of sp³-hybridized carbons (Fsp3) is 0.455. The molecule has 2 N–H and O–H groups in total. The lowest BCUT2D eigenvalue weighted by molar-refractivity contribution is 0.757. The summed E-state index contributed by atoms with van der Waals surface area (Å²) in [6.07, 6.45) is 1.98. The van der Waals surface area contributed by atoms with Crippen molar-refractivity contribution in [1.82, 2.24) is 14.6 Å². The van der Waals surface area contributed by atoms with Crippen LogP contribution >= 0.6 is 0 Å². The van der Waals surface area contributed by atoms with Crippen molar-refractivity contribution in [2.75, 3.05) is 0 Å². The molecule has 2 rings (SSSR count). The van der Waals surface area contributed by atoms with Gasteiger partial charge in [-0.2, -0.15) is 0 Å². The minimum atomic E-state index is -0.0158. The van der Waals surface area contributed by atoms with Crippen LogP contribution in [-0.2, 0) is 0 Å². The summed E-state index contributed by atoms with van der Waals surface area (Å²) in [7, 11) is 0. The van der Waals surface area contributed by atoms with Crippen LogP contribution in [-0.4, -0.2) is 14.6 Å². The van der Waals surface area contributed by atoms with E-state index >= 15 is 0 Å². The van der Waals surface area contributed by atoms with Gasteiger partial charge in [-0.25, -0.2) is 0 Å². The fourth-order valence-corrected chi connectivity index (χ4v) is 1.70. The van der Waals surface area contributed by atoms with Gasteiger partial charge in [-0.05, 0) is 13.0 Å². The van der Waals surface area contributed by atoms with Crippen LogP contribution in [0.1, 0.15) is 44.1 Å². The Balaban J connectivity index is 2.69. The Kier molecular flexibility index (Phi) is 2.44. The first-order valence-corrected chi connectivity index (χ1v) is 5.20. The first-order valence-electron chi connectivity index (χ1n) is 5.20. The van der Waals surface area contributed by atoms with Crippen molar-refractivity contribution in [3.05, 3.63) is 29.7 Å². The monoisotopic (exact) mass is 204 g/mol. The number of fused-ring (bicyclic) bond motifs is 1. The second-order valence-corrected chi connectivity index (χ2v) is 4.16. The number of hydrogen-bond acceptors (Lipinski definition) is 3. The molecule has 0 spiro atoms. The van der Waals surface area contributed by atoms with Crippen LogP contribution in [0.15, 0.2) is 18.3 Å². The third-order valence-electron chi connectivity index (χ3n) is 2.50. The summed E-state index contributed by atoms with van der Waals surface area (Å²) < 4.78 is 2.02. The molecular weight excluding hydrogens is 188 g/mol. The maximum atomic E-state index is 5.88. The molecule has 0 aliphatic rings. The lowest BCUT2D eigenvalue weighted by Crippen LogP contribution is -2.07. The van der Waals surface area contributed by atoms with E-state index in [2.05, 4.69) is 24.0 Å². The predicted molar refractivity (Wildman–Crippen MR) is 59.7 cm³/mol. The van der Waals surface area contributed by atoms with Crippen LogP contribution in [0.2, 0.25) is 0 Å². The summed E-state index contributed by atoms with van der Waals surface area (Å²) in [5, 5.41) is 8.39. The number of nitrogens with two attached hydrogens (primary N) is 1. The molecule has 0 amide bonds. The SMILES string of the molecule is CC(C)c1nnc2c(C(C)N)cccn12. The fourth-order valence-electron chi connectivity index (χ4n) is 1.70. The van der Waals surface area contributed by atoms with Gasteiger partial charge in [0, 0.05) is 23.7 Å². The van der Waals surface area contributed by atoms with Crippen LogP contribution in [0.25, 0.3) is 5.65 Å². The summed E-state index contributed by atoms with van der Waals surface area (Å²) in [6, 6.07) is 3.97. The largest absolute Gasteiger partial charge is 0.324 e. The summed E-state index contributed by atoms with van der Waals surface area (Å²) in [5.74, 6) is 1.34. The molecule has 1 atom stereocenters. The molecule has 80 valence electrons. The third-order valence-corrected chi connectivity index (χ3v) is 2.50. The number of aromatic nitrogens is 3. The quantitative estimate of drug-likeness (QED) is 0.812. The Morgan fingerprint density at radius 3 is 2.60 bits per heavy atom. The van der Waals surface area contributed by atoms with E-state index in [1.165, 1.54) is 0 Å². The molecule has 0 aromatic carbocycles. The molecule has 0 radical (unpaired) electrons. The lowest BCUT2D eigenvalue weighted by Gasteiger charge is -2.07. The van der Waals surface area contributed by atoms with Gasteiger partial charge in [0.1, 0.15) is 5.82 Å². The van der Waals surface area contributed by atoms with Crippen molar-refractivity contribution in [1.29, 1.82) is 0 Å². The van der Waals surface area contributed by atoms with Crippen LogP contribution in [0.5, 0.6) is 0 Å². The van der Waals surface area contributed by atoms with E-state index < -0.39 is 0 Å². The third kappa shape index (κ3) is 1.61. The molecule has 0 saturated heterocycles. The number of rotatable bonds is 2. The maximum Gasteiger partial charge on any atom is 0.165 e. The van der Waals surface area contributed by atoms with Crippen molar-refractivity contribution in [2.24, 2.45) is 5.73 Å². The van der Waals surface area contributed by atoms with E-state index in [1.54, 1.807) is 0 Å². The van der Waals surface area contributed by atoms with Crippen molar-refractivity contribution in [2.45, 2.75) is 32.7 Å². The van der Waals surface area contributed by atoms with Gasteiger partial charge in [0.25, 0.3) is 0 Å². The molecule has 0 fully saturated rings. The Bertz CT molecular complexity index is 470. The smallest absolute Gasteiger partial charge is 0.165 e. The van der Waals surface area contributed by atoms with Gasteiger partial charge in [0.05, 0.1) is 0 Å². The highest BCUT2D eigenvalue weighted by atomic mass is 15.2. The molecular formula is C11H16N4. The van der Waals surface area contributed by atoms with Crippen molar-refractivity contribution >= 4 is 5.65 Å². The van der Waals surface area contributed by atoms with E-state index in [-0.39, 0.29) is 6.04 Å². The Hall–Kier alpha value is -1.42. The van der Waals surface area contributed by atoms with Gasteiger partial charge < -0.3 is 5.73 Å². The van der Waals surface area contributed by atoms with Crippen molar-refractivity contribution in [3.63, 3.8) is 0 Å². The second kappa shape index (κ2) is 3.62. The highest BCUT2D eigenvalue weighted by Gasteiger charge is 2.13. The van der Waals surface area contributed by atoms with Crippen LogP contribution in [0, 0.1) is 0 Å². The standard InChI is InChI=1S/C11H16N4/c1-7(2)10-13-14-11-9(8(3)12)5-4-6-15(10)11/h4-8H,12H2,1-3H3. The predicted octanol–water partition coefficient (Wildman–Crippen LogP) is 1.87. The number of hydrogen-bond donors (Lipinski definition) is 1. The van der Waals surface area contributed by atoms with E-state index in [9.17, 15) is 0 Å². The zero-order chi connectivity index (χ0) is 11.0. The Morgan fingerprint density at radius 1 is 1.27 bits per heavy atom. The first-order chi connectivity index (χ1) is 7.11. The molecule has 15 heavy (non-hydrogen) atoms. The minimum absolute atomic E-state index is 0.0158. The van der Waals surface area contributed by atoms with Crippen molar-refractivity contribution in [3.8, 4) is 0 Å². The summed E-state index contributed by atoms with van der Waals surface area (Å²) in [6.45, 7) is 6.17. The molecule has 0 bridgehead atoms. The normalized spacial score (nSPS) is 13.7. The molecule has 1 unspecified atom stereocenters. The van der Waals surface area contributed by atoms with Crippen molar-refractivity contribution < 1.29 is 0 Å². The molecule has 0 aliphatic carbocycles. The Labute approximate surface area is 89.1 Å². The van der Waals surface area contributed by atoms with Crippen LogP contribution in [0.4, 0.5) is 0 Å². The highest BCUT2D eigenvalue weighted by Crippen LogP contribution is 2.19. The minimum Gasteiger partial charge on any atom is -0.324 e. The number of nitrogens with zero attached hydrogens (tertiary/aromatic N) is 3. The zero-order valence-corrected chi connectivity index (χ0v) is 9.31. The van der Waals surface area contributed by atoms with E-state index in [4.69, 9.17) is 5.73 Å². The number of pyridine rings is 1. The van der Waals surface area contributed by atoms with Gasteiger partial charge in [0.15, 0.2) is 5.65 Å². The first kappa shape index (κ1) is 10.1. The molecule has 2 aromatic heterocycles. The Morgan fingerprint density at radius 2 is 2.00 bits per heavy atom. The molecule has 4 heteroatoms. The van der Waals surface area contributed by atoms with Gasteiger partial charge in [-0.1, -0.05) is 19.9 Å². The van der Waals surface area contributed by atoms with E-state index in [1.807, 2.05) is 29.7 Å². The summed E-state index contributed by atoms with van der Waals surface area (Å²) in [4.78, 5) is 0. The van der Waals surface area contributed by atoms with Crippen LogP contribution < -0.4 is 5.73 Å². The second-order valence-electron chi connectivity index (χ2n) is 4.16. The molecule has 0 saturated carbocycles. The van der Waals surface area contributed by atoms with Crippen LogP contribution in [0.3, 0.4) is 0 Å². The summed E-state index contributed by atoms with van der Waals surface area (Å²) in [5.41, 5.74) is 7.79. The summed E-state index contributed by atoms with van der Waals surface area (Å²) >= 11 is 0. The topological polar surface area (TPSA) is 56.2 Å². The average Bonchev–Trinajstić information content (AvgIpc) is 2.59. The van der Waals surface area contributed by atoms with Gasteiger partial charge >= 0.3 is 0 Å². The molecule has 2 aromatic rings. The van der Waals surface area contributed by atoms with E-state index in [0.717, 1.165) is 17.0 Å². The van der Waals surface area contributed by atoms with Gasteiger partial charge in [-0.15, -0.1) is 10.2 Å². The van der Waals surface area contributed by atoms with Gasteiger partial charge in [0.2, 0.25) is 0 Å². The van der Waals surface area contributed by atoms with E-state index in [0.29, 0.717) is 5.92 Å². The molecule has 2 heterocycles. The average molecular weight is 204 g/mol. The molecule has 4 nitrogen and oxygen atoms in total. The lowest BCUT2D eigenvalue weighted by atomic mass is 10.1. The molecule has 0 aliphatic heterocycles. The zero-order valence-electron chi connectivity index (χ0n) is 9.31. The maximum absolute atomic E-state index is 5.88.